The van der Waals surface area contributed by atoms with Crippen LogP contribution >= 0.6 is 0 Å². The summed E-state index contributed by atoms with van der Waals surface area (Å²) < 4.78 is 0. The molecule has 0 aromatic rings. The average molecular weight is 937 g/mol. The van der Waals surface area contributed by atoms with Gasteiger partial charge in [-0.15, -0.1) is 0 Å². The Labute approximate surface area is 389 Å². The molecular weight excluding hydrogens is 857 g/mol. The molecule has 1 fully saturated rings. The minimum atomic E-state index is -1.42. The number of nitrogens with two attached hydrogens (primary N) is 3. The summed E-state index contributed by atoms with van der Waals surface area (Å²) in [7, 11) is 0. The molecule has 0 aliphatic carbocycles. The van der Waals surface area contributed by atoms with Crippen molar-refractivity contribution < 1.29 is 48.3 Å². The van der Waals surface area contributed by atoms with Crippen LogP contribution in [0.2, 0.25) is 0 Å². The molecule has 22 heteroatoms. The molecule has 0 aromatic heterocycles. The molecule has 22 nitrogen and oxygen atoms in total. The highest BCUT2D eigenvalue weighted by molar-refractivity contribution is 5.98. The van der Waals surface area contributed by atoms with E-state index in [0.29, 0.717) is 19.4 Å². The lowest BCUT2D eigenvalue weighted by Crippen LogP contribution is -2.61. The zero-order valence-electron chi connectivity index (χ0n) is 40.6. The molecular formula is C44H80N12O10. The van der Waals surface area contributed by atoms with Gasteiger partial charge >= 0.3 is 5.97 Å². The maximum atomic E-state index is 14.0. The number of guanidine groups is 1. The number of hydrogen-bond acceptors (Lipinski definition) is 11. The topological polar surface area (TPSA) is 361 Å². The number of rotatable bonds is 30. The third-order valence-electron chi connectivity index (χ3n) is 10.8. The maximum Gasteiger partial charge on any atom is 0.326 e. The number of hydrogen-bond donors (Lipinski definition) is 12. The third kappa shape index (κ3) is 22.1. The Balaban J connectivity index is 3.38. The number of carbonyl (C=O) groups is 9. The van der Waals surface area contributed by atoms with Gasteiger partial charge in [0, 0.05) is 13.0 Å². The van der Waals surface area contributed by atoms with E-state index in [1.54, 1.807) is 41.5 Å². The van der Waals surface area contributed by atoms with Gasteiger partial charge in [0.05, 0.1) is 6.04 Å². The minimum Gasteiger partial charge on any atom is -0.480 e. The smallest absolute Gasteiger partial charge is 0.326 e. The van der Waals surface area contributed by atoms with Crippen LogP contribution in [0, 0.1) is 29.6 Å². The van der Waals surface area contributed by atoms with Gasteiger partial charge in [0.15, 0.2) is 5.96 Å². The Morgan fingerprint density at radius 3 is 1.35 bits per heavy atom. The summed E-state index contributed by atoms with van der Waals surface area (Å²) in [6.07, 6.45) is 1.68. The third-order valence-corrected chi connectivity index (χ3v) is 10.8. The Morgan fingerprint density at radius 2 is 0.970 bits per heavy atom. The summed E-state index contributed by atoms with van der Waals surface area (Å²) in [6.45, 7) is 18.4. The van der Waals surface area contributed by atoms with Crippen LogP contribution in [-0.2, 0) is 43.2 Å². The highest BCUT2D eigenvalue weighted by atomic mass is 16.4. The van der Waals surface area contributed by atoms with Crippen molar-refractivity contribution in [3.63, 3.8) is 0 Å². The molecule has 1 saturated heterocycles. The van der Waals surface area contributed by atoms with Gasteiger partial charge in [0.25, 0.3) is 0 Å². The minimum absolute atomic E-state index is 0.0970. The second-order valence-corrected chi connectivity index (χ2v) is 19.1. The summed E-state index contributed by atoms with van der Waals surface area (Å²) >= 11 is 0. The van der Waals surface area contributed by atoms with Gasteiger partial charge in [-0.1, -0.05) is 69.2 Å². The van der Waals surface area contributed by atoms with Crippen LogP contribution in [0.25, 0.3) is 0 Å². The summed E-state index contributed by atoms with van der Waals surface area (Å²) in [5.41, 5.74) is 16.3. The van der Waals surface area contributed by atoms with Crippen LogP contribution < -0.4 is 59.7 Å². The van der Waals surface area contributed by atoms with Crippen LogP contribution in [0.3, 0.4) is 0 Å². The number of aliphatic imine (C=N–C) groups is 1. The predicted octanol–water partition coefficient (Wildman–Crippen LogP) is -1.01. The van der Waals surface area contributed by atoms with E-state index in [9.17, 15) is 48.3 Å². The van der Waals surface area contributed by atoms with E-state index in [2.05, 4.69) is 47.5 Å². The first kappa shape index (κ1) is 58.5. The van der Waals surface area contributed by atoms with Gasteiger partial charge in [0.1, 0.15) is 42.3 Å². The molecule has 0 spiro atoms. The first-order valence-electron chi connectivity index (χ1n) is 23.2. The Morgan fingerprint density at radius 1 is 0.561 bits per heavy atom. The van der Waals surface area contributed by atoms with Crippen molar-refractivity contribution in [2.75, 3.05) is 13.1 Å². The molecule has 0 unspecified atom stereocenters. The highest BCUT2D eigenvalue weighted by Gasteiger charge is 2.36. The molecule has 0 radical (unpaired) electrons. The van der Waals surface area contributed by atoms with Crippen LogP contribution in [0.5, 0.6) is 0 Å². The number of carboxylic acids is 1. The second-order valence-electron chi connectivity index (χ2n) is 19.1. The van der Waals surface area contributed by atoms with Crippen molar-refractivity contribution in [2.24, 2.45) is 51.8 Å². The van der Waals surface area contributed by atoms with E-state index in [1.165, 1.54) is 0 Å². The number of amides is 8. The lowest BCUT2D eigenvalue weighted by molar-refractivity contribution is -0.143. The van der Waals surface area contributed by atoms with E-state index in [0.717, 1.165) is 6.42 Å². The fraction of sp³-hybridized carbons (Fsp3) is 0.773. The van der Waals surface area contributed by atoms with Gasteiger partial charge in [0.2, 0.25) is 47.3 Å². The van der Waals surface area contributed by atoms with E-state index in [1.807, 2.05) is 27.7 Å². The van der Waals surface area contributed by atoms with E-state index in [-0.39, 0.29) is 74.7 Å². The molecule has 8 atom stereocenters. The first-order chi connectivity index (χ1) is 30.7. The standard InChI is InChI=1S/C44H80N12O10/c1-22(2)19-30(39(61)54-32(21-24(5)6)41(63)56-35(26(9)10)43(65)66)52-38(60)29(15-16-33(45)57)51-42(64)34(25(7)8)55-40(62)31(20-23(3)4)53-37(59)28(14-12-18-49-44(46)47)50-36(58)27-13-11-17-48-27/h22-32,34-35,48H,11-21H2,1-10H3,(H2,45,57)(H,50,58)(H,51,64)(H,52,60)(H,53,59)(H,54,61)(H,55,62)(H,56,63)(H,65,66)(H4,46,47,49)/t27-,28-,29-,30-,31-,32-,34-,35-/m0/s1. The Hall–Kier alpha value is -5.54. The van der Waals surface area contributed by atoms with Crippen LogP contribution in [0.4, 0.5) is 0 Å². The van der Waals surface area contributed by atoms with Crippen molar-refractivity contribution in [3.05, 3.63) is 0 Å². The predicted molar refractivity (Wildman–Crippen MR) is 249 cm³/mol. The second kappa shape index (κ2) is 29.2. The van der Waals surface area contributed by atoms with Gasteiger partial charge < -0.3 is 64.8 Å². The van der Waals surface area contributed by atoms with E-state index < -0.39 is 107 Å². The average Bonchev–Trinajstić information content (AvgIpc) is 3.75. The van der Waals surface area contributed by atoms with Crippen LogP contribution in [0.15, 0.2) is 4.99 Å². The highest BCUT2D eigenvalue weighted by Crippen LogP contribution is 2.14. The van der Waals surface area contributed by atoms with Crippen molar-refractivity contribution in [1.82, 2.24) is 42.5 Å². The maximum absolute atomic E-state index is 14.0. The summed E-state index contributed by atoms with van der Waals surface area (Å²) in [6, 6.07) is -8.95. The number of nitrogens with zero attached hydrogens (tertiary/aromatic N) is 1. The lowest BCUT2D eigenvalue weighted by Gasteiger charge is -2.30. The molecule has 376 valence electrons. The molecule has 1 aliphatic heterocycles. The number of primary amides is 1. The fourth-order valence-corrected chi connectivity index (χ4v) is 7.25. The Kier molecular flexibility index (Phi) is 25.8. The molecule has 15 N–H and O–H groups in total. The quantitative estimate of drug-likeness (QED) is 0.0234. The van der Waals surface area contributed by atoms with Crippen molar-refractivity contribution in [3.8, 4) is 0 Å². The van der Waals surface area contributed by atoms with Gasteiger partial charge in [-0.2, -0.15) is 0 Å². The first-order valence-corrected chi connectivity index (χ1v) is 23.2. The van der Waals surface area contributed by atoms with Gasteiger partial charge in [-0.05, 0) is 87.5 Å². The number of aliphatic carboxylic acids is 1. The van der Waals surface area contributed by atoms with Crippen LogP contribution in [-0.4, -0.2) is 126 Å². The zero-order valence-corrected chi connectivity index (χ0v) is 40.6. The van der Waals surface area contributed by atoms with E-state index >= 15 is 0 Å². The molecule has 8 amide bonds. The van der Waals surface area contributed by atoms with Crippen molar-refractivity contribution >= 4 is 59.2 Å². The SMILES string of the molecule is CC(C)C[C@H](NC(=O)[C@H](CCC(N)=O)NC(=O)[C@@H](NC(=O)[C@H](CC(C)C)NC(=O)[C@H](CCCN=C(N)N)NC(=O)[C@@H]1CCCN1)C(C)C)C(=O)N[C@@H](CC(C)C)C(=O)N[C@H](C(=O)O)C(C)C. The number of carboxylic acid groups (broad SMARTS) is 1. The molecule has 1 rings (SSSR count). The van der Waals surface area contributed by atoms with Crippen LogP contribution in [0.1, 0.15) is 127 Å². The largest absolute Gasteiger partial charge is 0.480 e. The molecule has 0 bridgehead atoms. The Bertz CT molecular complexity index is 1680. The van der Waals surface area contributed by atoms with Gasteiger partial charge in [-0.3, -0.25) is 43.3 Å². The molecule has 0 saturated carbocycles. The number of carbonyl (C=O) groups excluding carboxylic acids is 8. The molecule has 1 heterocycles. The summed E-state index contributed by atoms with van der Waals surface area (Å²) in [5, 5.41) is 31.5. The normalized spacial score (nSPS) is 16.9. The monoisotopic (exact) mass is 937 g/mol. The number of nitrogens with one attached hydrogen (secondary N) is 8. The lowest BCUT2D eigenvalue weighted by atomic mass is 9.98. The summed E-state index contributed by atoms with van der Waals surface area (Å²) in [5.74, 6) is -8.30. The zero-order chi connectivity index (χ0) is 50.4. The van der Waals surface area contributed by atoms with E-state index in [4.69, 9.17) is 17.2 Å². The fourth-order valence-electron chi connectivity index (χ4n) is 7.25. The van der Waals surface area contributed by atoms with Crippen molar-refractivity contribution in [1.29, 1.82) is 0 Å². The molecule has 1 aliphatic rings. The molecule has 66 heavy (non-hydrogen) atoms. The molecule has 0 aromatic carbocycles. The van der Waals surface area contributed by atoms with Gasteiger partial charge in [-0.25, -0.2) is 4.79 Å². The summed E-state index contributed by atoms with van der Waals surface area (Å²) in [4.78, 5) is 124. The van der Waals surface area contributed by atoms with Crippen molar-refractivity contribution in [2.45, 2.75) is 175 Å².